The fourth-order valence-corrected chi connectivity index (χ4v) is 2.42. The molecule has 0 saturated carbocycles. The van der Waals surface area contributed by atoms with E-state index in [4.69, 9.17) is 14.2 Å². The van der Waals surface area contributed by atoms with Crippen LogP contribution in [-0.2, 0) is 4.74 Å². The van der Waals surface area contributed by atoms with Crippen molar-refractivity contribution in [3.05, 3.63) is 22.2 Å². The molecule has 24 heavy (non-hydrogen) atoms. The largest absolute Gasteiger partial charge is 0.496 e. The van der Waals surface area contributed by atoms with E-state index in [2.05, 4.69) is 21.2 Å². The minimum absolute atomic E-state index is 0.183. The molecule has 3 N–H and O–H groups in total. The van der Waals surface area contributed by atoms with Gasteiger partial charge in [-0.25, -0.2) is 4.79 Å². The Bertz CT molecular complexity index is 572. The first-order valence-corrected chi connectivity index (χ1v) is 8.12. The van der Waals surface area contributed by atoms with Gasteiger partial charge in [-0.3, -0.25) is 0 Å². The van der Waals surface area contributed by atoms with Crippen LogP contribution in [0.4, 0.5) is 4.79 Å². The van der Waals surface area contributed by atoms with E-state index < -0.39 is 23.9 Å². The molecule has 7 nitrogen and oxygen atoms in total. The number of aliphatic hydroxyl groups is 2. The number of alkyl carbamates (subject to hydrolysis) is 1. The average molecular weight is 406 g/mol. The Labute approximate surface area is 150 Å². The molecule has 136 valence electrons. The van der Waals surface area contributed by atoms with Crippen molar-refractivity contribution >= 4 is 22.0 Å². The lowest BCUT2D eigenvalue weighted by Crippen LogP contribution is -2.38. The van der Waals surface area contributed by atoms with E-state index in [0.717, 1.165) is 0 Å². The summed E-state index contributed by atoms with van der Waals surface area (Å²) in [4.78, 5) is 11.6. The Hall–Kier alpha value is -1.51. The Balaban J connectivity index is 2.82. The lowest BCUT2D eigenvalue weighted by atomic mass is 10.0. The summed E-state index contributed by atoms with van der Waals surface area (Å²) in [6, 6.07) is 3.19. The molecule has 0 aromatic heterocycles. The van der Waals surface area contributed by atoms with Gasteiger partial charge in [-0.15, -0.1) is 0 Å². The topological polar surface area (TPSA) is 97.2 Å². The summed E-state index contributed by atoms with van der Waals surface area (Å²) >= 11 is 3.32. The quantitative estimate of drug-likeness (QED) is 0.671. The van der Waals surface area contributed by atoms with Crippen molar-refractivity contribution in [1.82, 2.24) is 5.32 Å². The highest BCUT2D eigenvalue weighted by Gasteiger charge is 2.25. The summed E-state index contributed by atoms with van der Waals surface area (Å²) < 4.78 is 16.1. The van der Waals surface area contributed by atoms with Crippen LogP contribution in [0.25, 0.3) is 0 Å². The number of hydrogen-bond donors (Lipinski definition) is 3. The second-order valence-corrected chi connectivity index (χ2v) is 6.98. The van der Waals surface area contributed by atoms with Crippen molar-refractivity contribution in [3.8, 4) is 11.5 Å². The van der Waals surface area contributed by atoms with Gasteiger partial charge in [0.05, 0.1) is 18.7 Å². The lowest BCUT2D eigenvalue weighted by molar-refractivity contribution is 0.0118. The number of carbonyl (C=O) groups is 1. The minimum atomic E-state index is -1.28. The van der Waals surface area contributed by atoms with E-state index in [-0.39, 0.29) is 6.54 Å². The zero-order chi connectivity index (χ0) is 18.5. The molecule has 0 bridgehead atoms. The van der Waals surface area contributed by atoms with Crippen LogP contribution in [0.15, 0.2) is 16.6 Å². The molecule has 1 amide bonds. The highest BCUT2D eigenvalue weighted by molar-refractivity contribution is 9.10. The zero-order valence-corrected chi connectivity index (χ0v) is 16.0. The smallest absolute Gasteiger partial charge is 0.407 e. The van der Waals surface area contributed by atoms with Crippen LogP contribution in [0.1, 0.15) is 32.4 Å². The molecule has 0 aliphatic carbocycles. The standard InChI is InChI=1S/C16H24BrNO6/c1-16(2,3)24-15(21)18-8-11(19)14(20)9-6-13(23-5)10(17)7-12(9)22-4/h6-7,11,14,19-20H,8H2,1-5H3,(H,18,21). The van der Waals surface area contributed by atoms with Crippen LogP contribution in [0.2, 0.25) is 0 Å². The molecule has 1 rings (SSSR count). The summed E-state index contributed by atoms with van der Waals surface area (Å²) in [7, 11) is 2.94. The van der Waals surface area contributed by atoms with Gasteiger partial charge in [-0.1, -0.05) is 0 Å². The number of benzene rings is 1. The molecule has 0 aliphatic heterocycles. The fraction of sp³-hybridized carbons (Fsp3) is 0.562. The maximum atomic E-state index is 11.6. The SMILES string of the molecule is COc1cc(C(O)C(O)CNC(=O)OC(C)(C)C)c(OC)cc1Br. The summed E-state index contributed by atoms with van der Waals surface area (Å²) in [5, 5.41) is 22.9. The number of hydrogen-bond acceptors (Lipinski definition) is 6. The molecule has 0 spiro atoms. The number of ether oxygens (including phenoxy) is 3. The van der Waals surface area contributed by atoms with E-state index in [1.807, 2.05) is 0 Å². The molecular weight excluding hydrogens is 382 g/mol. The van der Waals surface area contributed by atoms with E-state index in [0.29, 0.717) is 21.5 Å². The van der Waals surface area contributed by atoms with Crippen LogP contribution in [0.5, 0.6) is 11.5 Å². The fourth-order valence-electron chi connectivity index (χ4n) is 1.94. The Morgan fingerprint density at radius 2 is 1.79 bits per heavy atom. The monoisotopic (exact) mass is 405 g/mol. The van der Waals surface area contributed by atoms with Gasteiger partial charge in [0.25, 0.3) is 0 Å². The first-order valence-electron chi connectivity index (χ1n) is 7.33. The van der Waals surface area contributed by atoms with Gasteiger partial charge in [-0.05, 0) is 48.8 Å². The molecule has 2 atom stereocenters. The minimum Gasteiger partial charge on any atom is -0.496 e. The van der Waals surface area contributed by atoms with E-state index in [1.54, 1.807) is 32.9 Å². The number of aliphatic hydroxyl groups excluding tert-OH is 2. The first kappa shape index (κ1) is 20.5. The van der Waals surface area contributed by atoms with Crippen molar-refractivity contribution < 1.29 is 29.2 Å². The van der Waals surface area contributed by atoms with Crippen molar-refractivity contribution in [1.29, 1.82) is 0 Å². The van der Waals surface area contributed by atoms with E-state index in [1.165, 1.54) is 14.2 Å². The van der Waals surface area contributed by atoms with Crippen molar-refractivity contribution in [3.63, 3.8) is 0 Å². The number of amides is 1. The average Bonchev–Trinajstić information content (AvgIpc) is 2.49. The molecular formula is C16H24BrNO6. The molecule has 8 heteroatoms. The highest BCUT2D eigenvalue weighted by Crippen LogP contribution is 2.36. The Kier molecular flexibility index (Phi) is 7.31. The molecule has 0 heterocycles. The number of rotatable bonds is 6. The van der Waals surface area contributed by atoms with E-state index >= 15 is 0 Å². The third-order valence-electron chi connectivity index (χ3n) is 3.04. The number of halogens is 1. The van der Waals surface area contributed by atoms with Crippen molar-refractivity contribution in [2.75, 3.05) is 20.8 Å². The van der Waals surface area contributed by atoms with Crippen molar-refractivity contribution in [2.24, 2.45) is 0 Å². The zero-order valence-electron chi connectivity index (χ0n) is 14.4. The first-order chi connectivity index (χ1) is 11.1. The maximum absolute atomic E-state index is 11.6. The second-order valence-electron chi connectivity index (χ2n) is 6.12. The van der Waals surface area contributed by atoms with Gasteiger partial charge in [0.2, 0.25) is 0 Å². The second kappa shape index (κ2) is 8.55. The highest BCUT2D eigenvalue weighted by atomic mass is 79.9. The van der Waals surface area contributed by atoms with Crippen LogP contribution in [-0.4, -0.2) is 48.8 Å². The normalized spacial score (nSPS) is 13.8. The van der Waals surface area contributed by atoms with E-state index in [9.17, 15) is 15.0 Å². The lowest BCUT2D eigenvalue weighted by Gasteiger charge is -2.23. The number of carbonyl (C=O) groups excluding carboxylic acids is 1. The van der Waals surface area contributed by atoms with Crippen molar-refractivity contribution in [2.45, 2.75) is 38.6 Å². The third-order valence-corrected chi connectivity index (χ3v) is 3.66. The predicted molar refractivity (Wildman–Crippen MR) is 92.4 cm³/mol. The van der Waals surface area contributed by atoms with Crippen LogP contribution >= 0.6 is 15.9 Å². The van der Waals surface area contributed by atoms with Gasteiger partial charge < -0.3 is 29.7 Å². The van der Waals surface area contributed by atoms with Gasteiger partial charge in [0.1, 0.15) is 29.3 Å². The van der Waals surface area contributed by atoms with Gasteiger partial charge in [0, 0.05) is 12.1 Å². The molecule has 0 radical (unpaired) electrons. The summed E-state index contributed by atoms with van der Waals surface area (Å²) in [6.45, 7) is 5.02. The summed E-state index contributed by atoms with van der Waals surface area (Å²) in [5.74, 6) is 0.864. The molecule has 2 unspecified atom stereocenters. The van der Waals surface area contributed by atoms with Gasteiger partial charge in [-0.2, -0.15) is 0 Å². The molecule has 1 aromatic rings. The molecule has 0 aliphatic rings. The Morgan fingerprint density at radius 1 is 1.21 bits per heavy atom. The maximum Gasteiger partial charge on any atom is 0.407 e. The summed E-state index contributed by atoms with van der Waals surface area (Å²) in [5.41, 5.74) is -0.299. The number of nitrogens with one attached hydrogen (secondary N) is 1. The van der Waals surface area contributed by atoms with Crippen LogP contribution in [0, 0.1) is 0 Å². The molecule has 0 fully saturated rings. The van der Waals surface area contributed by atoms with Gasteiger partial charge >= 0.3 is 6.09 Å². The Morgan fingerprint density at radius 3 is 2.29 bits per heavy atom. The molecule has 0 saturated heterocycles. The predicted octanol–water partition coefficient (Wildman–Crippen LogP) is 2.39. The summed E-state index contributed by atoms with van der Waals surface area (Å²) in [6.07, 6.45) is -3.21. The number of methoxy groups -OCH3 is 2. The third kappa shape index (κ3) is 5.85. The van der Waals surface area contributed by atoms with Gasteiger partial charge in [0.15, 0.2) is 0 Å². The van der Waals surface area contributed by atoms with Crippen LogP contribution < -0.4 is 14.8 Å². The molecule has 1 aromatic carbocycles. The van der Waals surface area contributed by atoms with Crippen LogP contribution in [0.3, 0.4) is 0 Å².